The summed E-state index contributed by atoms with van der Waals surface area (Å²) in [5.74, 6) is 0.984. The summed E-state index contributed by atoms with van der Waals surface area (Å²) < 4.78 is 13.4. The molecule has 2 aromatic carbocycles. The Hall–Kier alpha value is -2.54. The molecule has 5 nitrogen and oxygen atoms in total. The lowest BCUT2D eigenvalue weighted by Crippen LogP contribution is -2.31. The van der Waals surface area contributed by atoms with Crippen LogP contribution in [0.3, 0.4) is 0 Å². The second-order valence-electron chi connectivity index (χ2n) is 10.6. The van der Waals surface area contributed by atoms with Crippen molar-refractivity contribution in [1.82, 2.24) is 19.8 Å². The number of aryl methyl sites for hydroxylation is 1. The summed E-state index contributed by atoms with van der Waals surface area (Å²) >= 11 is 5.91. The van der Waals surface area contributed by atoms with Gasteiger partial charge in [-0.3, -0.25) is 0 Å². The van der Waals surface area contributed by atoms with Gasteiger partial charge in [-0.25, -0.2) is 14.4 Å². The Morgan fingerprint density at radius 1 is 1.00 bits per heavy atom. The Labute approximate surface area is 253 Å². The van der Waals surface area contributed by atoms with Crippen LogP contribution in [0.2, 0.25) is 5.02 Å². The summed E-state index contributed by atoms with van der Waals surface area (Å²) in [6.45, 7) is 20.8. The molecule has 0 saturated carbocycles. The van der Waals surface area contributed by atoms with Gasteiger partial charge >= 0.3 is 0 Å². The number of benzene rings is 2. The summed E-state index contributed by atoms with van der Waals surface area (Å²) in [5.41, 5.74) is 4.21. The summed E-state index contributed by atoms with van der Waals surface area (Å²) in [7, 11) is 2.19. The number of hydrogen-bond acceptors (Lipinski definition) is 5. The Morgan fingerprint density at radius 2 is 1.68 bits per heavy atom. The van der Waals surface area contributed by atoms with Crippen LogP contribution in [-0.4, -0.2) is 59.5 Å². The minimum atomic E-state index is -0.434. The molecule has 2 aliphatic rings. The Bertz CT molecular complexity index is 1170. The van der Waals surface area contributed by atoms with Crippen molar-refractivity contribution in [3.05, 3.63) is 71.8 Å². The van der Waals surface area contributed by atoms with Gasteiger partial charge in [0.1, 0.15) is 18.0 Å². The zero-order valence-corrected chi connectivity index (χ0v) is 26.7. The number of hydrogen-bond donors (Lipinski definition) is 1. The van der Waals surface area contributed by atoms with Crippen LogP contribution < -0.4 is 5.32 Å². The van der Waals surface area contributed by atoms with E-state index >= 15 is 0 Å². The summed E-state index contributed by atoms with van der Waals surface area (Å²) in [6, 6.07) is 8.91. The molecule has 0 atom stereocenters. The number of fused-ring (bicyclic) bond motifs is 1. The largest absolute Gasteiger partial charge is 0.340 e. The van der Waals surface area contributed by atoms with Crippen molar-refractivity contribution >= 4 is 34.0 Å². The molecule has 2 fully saturated rings. The van der Waals surface area contributed by atoms with E-state index in [1.54, 1.807) is 18.5 Å². The third kappa shape index (κ3) is 11.0. The minimum absolute atomic E-state index is 0.0853. The monoisotopic (exact) mass is 583 g/mol. The van der Waals surface area contributed by atoms with E-state index in [-0.39, 0.29) is 5.02 Å². The van der Waals surface area contributed by atoms with Crippen LogP contribution in [0.5, 0.6) is 0 Å². The van der Waals surface area contributed by atoms with E-state index in [1.165, 1.54) is 88.4 Å². The van der Waals surface area contributed by atoms with Gasteiger partial charge < -0.3 is 15.1 Å². The van der Waals surface area contributed by atoms with Crippen LogP contribution >= 0.6 is 11.6 Å². The standard InChI is InChI=1S/C22H24ClFN4.C8H17N.C2H6.C2H4/c1-14-9-21-18(11-16(14)10-15-5-7-28(2)8-6-15)22(26-13-25-21)27-17-3-4-20(24)19(23)12-17;1-2-6-9-7-4-3-5-8-9;2*1-2/h3-4,9,11-13,15H,5-8,10H2,1-2H3,(H,25,26,27);2-8H2,1H3;1-2H3;1-2H2. The number of nitrogens with zero attached hydrogens (tertiary/aromatic N) is 4. The molecule has 0 radical (unpaired) electrons. The lowest BCUT2D eigenvalue weighted by Gasteiger charge is -2.29. The zero-order chi connectivity index (χ0) is 30.2. The normalized spacial score (nSPS) is 16.0. The van der Waals surface area contributed by atoms with Gasteiger partial charge in [0.15, 0.2) is 0 Å². The molecule has 41 heavy (non-hydrogen) atoms. The van der Waals surface area contributed by atoms with E-state index in [4.69, 9.17) is 11.6 Å². The predicted octanol–water partition coefficient (Wildman–Crippen LogP) is 9.07. The fraction of sp³-hybridized carbons (Fsp3) is 0.529. The van der Waals surface area contributed by atoms with E-state index in [0.29, 0.717) is 17.4 Å². The molecule has 226 valence electrons. The first kappa shape index (κ1) is 34.7. The van der Waals surface area contributed by atoms with Crippen molar-refractivity contribution in [3.8, 4) is 0 Å². The first-order chi connectivity index (χ1) is 19.9. The second-order valence-corrected chi connectivity index (χ2v) is 11.0. The van der Waals surface area contributed by atoms with Crippen LogP contribution in [0.1, 0.15) is 70.4 Å². The SMILES string of the molecule is C=C.CC.CCCN1CCCCC1.Cc1cc2ncnc(Nc3ccc(F)c(Cl)c3)c2cc1CC1CCN(C)CC1. The molecular formula is C34H51ClFN5. The van der Waals surface area contributed by atoms with Gasteiger partial charge in [-0.1, -0.05) is 38.8 Å². The Balaban J connectivity index is 0.000000380. The summed E-state index contributed by atoms with van der Waals surface area (Å²) in [4.78, 5) is 13.8. The second kappa shape index (κ2) is 18.8. The average Bonchev–Trinajstić information content (AvgIpc) is 3.00. The topological polar surface area (TPSA) is 44.3 Å². The molecule has 2 saturated heterocycles. The number of rotatable bonds is 6. The first-order valence-corrected chi connectivity index (χ1v) is 15.7. The Morgan fingerprint density at radius 3 is 2.32 bits per heavy atom. The van der Waals surface area contributed by atoms with Gasteiger partial charge in [0.05, 0.1) is 10.5 Å². The molecule has 0 bridgehead atoms. The lowest BCUT2D eigenvalue weighted by atomic mass is 9.88. The molecule has 0 unspecified atom stereocenters. The maximum Gasteiger partial charge on any atom is 0.141 e. The molecule has 0 amide bonds. The highest BCUT2D eigenvalue weighted by Gasteiger charge is 2.18. The molecule has 0 spiro atoms. The predicted molar refractivity (Wildman–Crippen MR) is 176 cm³/mol. The number of halogens is 2. The maximum atomic E-state index is 13.4. The van der Waals surface area contributed by atoms with E-state index in [1.807, 2.05) is 13.8 Å². The number of piperidine rings is 2. The molecule has 3 aromatic rings. The molecule has 7 heteroatoms. The maximum absolute atomic E-state index is 13.4. The van der Waals surface area contributed by atoms with E-state index in [0.717, 1.165) is 17.3 Å². The van der Waals surface area contributed by atoms with Crippen LogP contribution in [0, 0.1) is 18.7 Å². The van der Waals surface area contributed by atoms with Crippen molar-refractivity contribution in [3.63, 3.8) is 0 Å². The average molecular weight is 584 g/mol. The highest BCUT2D eigenvalue weighted by Crippen LogP contribution is 2.30. The van der Waals surface area contributed by atoms with E-state index in [2.05, 4.69) is 71.3 Å². The van der Waals surface area contributed by atoms with Crippen molar-refractivity contribution < 1.29 is 4.39 Å². The minimum Gasteiger partial charge on any atom is -0.340 e. The lowest BCUT2D eigenvalue weighted by molar-refractivity contribution is 0.219. The van der Waals surface area contributed by atoms with Gasteiger partial charge in [-0.15, -0.1) is 13.2 Å². The molecule has 3 heterocycles. The smallest absolute Gasteiger partial charge is 0.141 e. The molecule has 0 aliphatic carbocycles. The zero-order valence-electron chi connectivity index (χ0n) is 26.0. The van der Waals surface area contributed by atoms with Gasteiger partial charge in [-0.05, 0) is 133 Å². The quantitative estimate of drug-likeness (QED) is 0.293. The molecule has 1 N–H and O–H groups in total. The molecule has 1 aromatic heterocycles. The Kier molecular flexibility index (Phi) is 15.9. The highest BCUT2D eigenvalue weighted by atomic mass is 35.5. The third-order valence-electron chi connectivity index (χ3n) is 7.61. The van der Waals surface area contributed by atoms with Crippen molar-refractivity contribution in [2.45, 2.75) is 72.6 Å². The van der Waals surface area contributed by atoms with Crippen LogP contribution in [0.4, 0.5) is 15.9 Å². The van der Waals surface area contributed by atoms with Crippen molar-refractivity contribution in [2.75, 3.05) is 45.1 Å². The number of nitrogens with one attached hydrogen (secondary N) is 1. The third-order valence-corrected chi connectivity index (χ3v) is 7.90. The van der Waals surface area contributed by atoms with Crippen LogP contribution in [-0.2, 0) is 6.42 Å². The molecule has 2 aliphatic heterocycles. The number of likely N-dealkylation sites (tertiary alicyclic amines) is 2. The van der Waals surface area contributed by atoms with Gasteiger partial charge in [0, 0.05) is 11.1 Å². The number of aromatic nitrogens is 2. The van der Waals surface area contributed by atoms with Gasteiger partial charge in [-0.2, -0.15) is 0 Å². The van der Waals surface area contributed by atoms with Crippen molar-refractivity contribution in [1.29, 1.82) is 0 Å². The summed E-state index contributed by atoms with van der Waals surface area (Å²) in [6.07, 6.45) is 10.7. The summed E-state index contributed by atoms with van der Waals surface area (Å²) in [5, 5.41) is 4.32. The first-order valence-electron chi connectivity index (χ1n) is 15.3. The van der Waals surface area contributed by atoms with E-state index < -0.39 is 5.82 Å². The van der Waals surface area contributed by atoms with Gasteiger partial charge in [0.2, 0.25) is 0 Å². The van der Waals surface area contributed by atoms with Gasteiger partial charge in [0.25, 0.3) is 0 Å². The van der Waals surface area contributed by atoms with Crippen molar-refractivity contribution in [2.24, 2.45) is 5.92 Å². The molecular weight excluding hydrogens is 533 g/mol. The number of anilines is 2. The van der Waals surface area contributed by atoms with E-state index in [9.17, 15) is 4.39 Å². The fourth-order valence-electron chi connectivity index (χ4n) is 5.36. The molecule has 5 rings (SSSR count). The van der Waals surface area contributed by atoms with Crippen LogP contribution in [0.15, 0.2) is 49.8 Å². The highest BCUT2D eigenvalue weighted by molar-refractivity contribution is 6.31. The van der Waals surface area contributed by atoms with Crippen LogP contribution in [0.25, 0.3) is 10.9 Å². The fourth-order valence-corrected chi connectivity index (χ4v) is 5.54.